The van der Waals surface area contributed by atoms with E-state index >= 15 is 0 Å². The van der Waals surface area contributed by atoms with E-state index in [0.717, 1.165) is 48.9 Å². The molecule has 12 heteroatoms. The van der Waals surface area contributed by atoms with E-state index < -0.39 is 41.0 Å². The van der Waals surface area contributed by atoms with Crippen molar-refractivity contribution in [3.8, 4) is 5.75 Å². The highest BCUT2D eigenvalue weighted by atomic mass is 19.4. The first-order valence-corrected chi connectivity index (χ1v) is 13.1. The highest BCUT2D eigenvalue weighted by molar-refractivity contribution is 6.00. The smallest absolute Gasteiger partial charge is 0.416 e. The van der Waals surface area contributed by atoms with Crippen LogP contribution in [-0.2, 0) is 22.3 Å². The van der Waals surface area contributed by atoms with Gasteiger partial charge in [0.15, 0.2) is 5.78 Å². The Morgan fingerprint density at radius 1 is 1.05 bits per heavy atom. The quantitative estimate of drug-likeness (QED) is 0.407. The zero-order valence-electron chi connectivity index (χ0n) is 21.5. The van der Waals surface area contributed by atoms with Crippen molar-refractivity contribution in [2.24, 2.45) is 23.7 Å². The molecule has 2 heterocycles. The number of rotatable bonds is 8. The van der Waals surface area contributed by atoms with Gasteiger partial charge in [0.2, 0.25) is 0 Å². The number of alkyl halides is 3. The molecule has 40 heavy (non-hydrogen) atoms. The van der Waals surface area contributed by atoms with E-state index in [1.807, 2.05) is 0 Å². The van der Waals surface area contributed by atoms with Crippen molar-refractivity contribution in [2.75, 3.05) is 19.8 Å². The number of benzene rings is 2. The van der Waals surface area contributed by atoms with Gasteiger partial charge in [-0.15, -0.1) is 5.10 Å². The fraction of sp³-hybridized carbons (Fsp3) is 0.464. The van der Waals surface area contributed by atoms with Crippen LogP contribution >= 0.6 is 0 Å². The molecule has 3 atom stereocenters. The monoisotopic (exact) mass is 559 g/mol. The number of hydrogen-bond donors (Lipinski definition) is 1. The number of hydrogen-bond acceptors (Lipinski definition) is 7. The van der Waals surface area contributed by atoms with Gasteiger partial charge in [-0.1, -0.05) is 5.21 Å². The molecule has 1 N–H and O–H groups in total. The van der Waals surface area contributed by atoms with Crippen LogP contribution in [0.25, 0.3) is 10.9 Å². The molecule has 1 aliphatic heterocycles. The summed E-state index contributed by atoms with van der Waals surface area (Å²) >= 11 is 0. The maximum Gasteiger partial charge on any atom is 0.416 e. The lowest BCUT2D eigenvalue weighted by Gasteiger charge is -2.22. The number of carbonyl (C=O) groups is 2. The van der Waals surface area contributed by atoms with Gasteiger partial charge in [0, 0.05) is 24.7 Å². The first kappa shape index (κ1) is 27.8. The number of nitrogens with zero attached hydrogens (tertiary/aromatic N) is 3. The maximum atomic E-state index is 13.3. The Hall–Kier alpha value is -3.80. The van der Waals surface area contributed by atoms with Gasteiger partial charge >= 0.3 is 12.1 Å². The average molecular weight is 560 g/mol. The summed E-state index contributed by atoms with van der Waals surface area (Å²) in [6.45, 7) is 1.81. The van der Waals surface area contributed by atoms with Gasteiger partial charge < -0.3 is 14.6 Å². The minimum absolute atomic E-state index is 0.00342. The van der Waals surface area contributed by atoms with Crippen LogP contribution in [0.4, 0.5) is 13.2 Å². The maximum absolute atomic E-state index is 13.3. The standard InChI is InChI=1S/C28H28F3N3O6/c29-28(30,31)19-4-8-23-22(13-19)26(36)34(33-32-23)14-18-3-7-21(24(18)27(37)38)25(35)17-1-5-20(6-2-17)40-15-16-9-11-39-12-10-16/h1-2,4-6,8,13,16,18,21,24H,3,7,9-12,14-15H2,(H,37,38). The van der Waals surface area contributed by atoms with E-state index in [0.29, 0.717) is 30.3 Å². The lowest BCUT2D eigenvalue weighted by atomic mass is 9.84. The Labute approximate surface area is 226 Å². The second kappa shape index (κ2) is 11.4. The molecule has 2 fully saturated rings. The van der Waals surface area contributed by atoms with Crippen LogP contribution in [0.5, 0.6) is 5.75 Å². The van der Waals surface area contributed by atoms with Gasteiger partial charge in [0.05, 0.1) is 30.0 Å². The number of aromatic nitrogens is 3. The zero-order chi connectivity index (χ0) is 28.4. The number of fused-ring (bicyclic) bond motifs is 1. The topological polar surface area (TPSA) is 121 Å². The summed E-state index contributed by atoms with van der Waals surface area (Å²) in [6.07, 6.45) is -2.16. The molecule has 5 rings (SSSR count). The number of carboxylic acid groups (broad SMARTS) is 1. The molecule has 212 valence electrons. The lowest BCUT2D eigenvalue weighted by molar-refractivity contribution is -0.144. The second-order valence-electron chi connectivity index (χ2n) is 10.4. The molecule has 0 amide bonds. The Morgan fingerprint density at radius 2 is 1.77 bits per heavy atom. The number of halogens is 3. The normalized spacial score (nSPS) is 21.9. The van der Waals surface area contributed by atoms with E-state index in [4.69, 9.17) is 9.47 Å². The van der Waals surface area contributed by atoms with E-state index in [1.54, 1.807) is 24.3 Å². The van der Waals surface area contributed by atoms with Crippen LogP contribution in [0.3, 0.4) is 0 Å². The number of ketones is 1. The number of carbonyl (C=O) groups excluding carboxylic acids is 1. The van der Waals surface area contributed by atoms with Crippen molar-refractivity contribution in [1.29, 1.82) is 0 Å². The molecule has 0 bridgehead atoms. The minimum atomic E-state index is -4.64. The number of ether oxygens (including phenoxy) is 2. The first-order valence-electron chi connectivity index (χ1n) is 13.1. The SMILES string of the molecule is O=C(c1ccc(OCC2CCOCC2)cc1)C1CCC(Cn2nnc3ccc(C(F)(F)F)cc3c2=O)C1C(=O)O. The largest absolute Gasteiger partial charge is 0.493 e. The predicted octanol–water partition coefficient (Wildman–Crippen LogP) is 4.23. The van der Waals surface area contributed by atoms with Gasteiger partial charge in [-0.3, -0.25) is 14.4 Å². The van der Waals surface area contributed by atoms with Gasteiger partial charge in [0.25, 0.3) is 5.56 Å². The zero-order valence-corrected chi connectivity index (χ0v) is 21.5. The third-order valence-electron chi connectivity index (χ3n) is 7.83. The van der Waals surface area contributed by atoms with Crippen molar-refractivity contribution in [1.82, 2.24) is 15.0 Å². The summed E-state index contributed by atoms with van der Waals surface area (Å²) in [6, 6.07) is 9.22. The highest BCUT2D eigenvalue weighted by Crippen LogP contribution is 2.40. The summed E-state index contributed by atoms with van der Waals surface area (Å²) in [5.74, 6) is -3.03. The van der Waals surface area contributed by atoms with E-state index in [9.17, 15) is 32.7 Å². The Morgan fingerprint density at radius 3 is 2.45 bits per heavy atom. The number of carboxylic acids is 1. The predicted molar refractivity (Wildman–Crippen MR) is 136 cm³/mol. The summed E-state index contributed by atoms with van der Waals surface area (Å²) in [5, 5.41) is 17.4. The van der Waals surface area contributed by atoms with Gasteiger partial charge in [-0.25, -0.2) is 4.68 Å². The van der Waals surface area contributed by atoms with Gasteiger partial charge in [-0.05, 0) is 80.0 Å². The molecule has 1 aliphatic carbocycles. The number of aliphatic carboxylic acids is 1. The molecule has 9 nitrogen and oxygen atoms in total. The van der Waals surface area contributed by atoms with Crippen LogP contribution in [0.15, 0.2) is 47.3 Å². The molecule has 1 aromatic heterocycles. The third kappa shape index (κ3) is 5.86. The third-order valence-corrected chi connectivity index (χ3v) is 7.83. The molecule has 2 aromatic carbocycles. The van der Waals surface area contributed by atoms with Crippen molar-refractivity contribution < 1.29 is 37.3 Å². The molecular formula is C28H28F3N3O6. The summed E-state index contributed by atoms with van der Waals surface area (Å²) < 4.78 is 51.6. The van der Waals surface area contributed by atoms with Crippen LogP contribution in [-0.4, -0.2) is 51.7 Å². The Kier molecular flexibility index (Phi) is 7.88. The van der Waals surface area contributed by atoms with Crippen LogP contribution in [0, 0.1) is 23.7 Å². The van der Waals surface area contributed by atoms with E-state index in [1.165, 1.54) is 0 Å². The van der Waals surface area contributed by atoms with Crippen LogP contribution < -0.4 is 10.3 Å². The van der Waals surface area contributed by atoms with Crippen molar-refractivity contribution in [3.05, 3.63) is 63.9 Å². The fourth-order valence-electron chi connectivity index (χ4n) is 5.60. The summed E-state index contributed by atoms with van der Waals surface area (Å²) in [4.78, 5) is 38.5. The number of Topliss-reactive ketones (excluding diaryl/α,β-unsaturated/α-hetero) is 1. The van der Waals surface area contributed by atoms with Crippen LogP contribution in [0.1, 0.15) is 41.6 Å². The molecule has 0 spiro atoms. The fourth-order valence-corrected chi connectivity index (χ4v) is 5.60. The molecule has 0 radical (unpaired) electrons. The molecule has 2 aliphatic rings. The van der Waals surface area contributed by atoms with Crippen molar-refractivity contribution >= 4 is 22.7 Å². The van der Waals surface area contributed by atoms with Crippen molar-refractivity contribution in [2.45, 2.75) is 38.4 Å². The van der Waals surface area contributed by atoms with Gasteiger partial charge in [-0.2, -0.15) is 13.2 Å². The Balaban J connectivity index is 1.29. The minimum Gasteiger partial charge on any atom is -0.493 e. The van der Waals surface area contributed by atoms with E-state index in [-0.39, 0.29) is 29.7 Å². The second-order valence-corrected chi connectivity index (χ2v) is 10.4. The lowest BCUT2D eigenvalue weighted by Crippen LogP contribution is -2.34. The molecule has 3 unspecified atom stereocenters. The summed E-state index contributed by atoms with van der Waals surface area (Å²) in [7, 11) is 0. The van der Waals surface area contributed by atoms with Gasteiger partial charge in [0.1, 0.15) is 11.3 Å². The summed E-state index contributed by atoms with van der Waals surface area (Å²) in [5.41, 5.74) is -1.43. The first-order chi connectivity index (χ1) is 19.1. The highest BCUT2D eigenvalue weighted by Gasteiger charge is 2.45. The molecule has 1 saturated heterocycles. The Bertz CT molecular complexity index is 1450. The van der Waals surface area contributed by atoms with E-state index in [2.05, 4.69) is 10.3 Å². The molecule has 1 saturated carbocycles. The molecule has 3 aromatic rings. The van der Waals surface area contributed by atoms with Crippen molar-refractivity contribution in [3.63, 3.8) is 0 Å². The molecular weight excluding hydrogens is 531 g/mol. The van der Waals surface area contributed by atoms with Crippen LogP contribution in [0.2, 0.25) is 0 Å². The average Bonchev–Trinajstić information content (AvgIpc) is 3.37.